The fourth-order valence-corrected chi connectivity index (χ4v) is 3.88. The summed E-state index contributed by atoms with van der Waals surface area (Å²) in [5.74, 6) is 0. The average molecular weight is 372 g/mol. The van der Waals surface area contributed by atoms with E-state index >= 15 is 0 Å². The van der Waals surface area contributed by atoms with Gasteiger partial charge in [0.1, 0.15) is 6.54 Å². The lowest BCUT2D eigenvalue weighted by atomic mass is 10.1. The highest BCUT2D eigenvalue weighted by Crippen LogP contribution is 2.42. The first-order valence-electron chi connectivity index (χ1n) is 7.12. The van der Waals surface area contributed by atoms with E-state index in [1.165, 1.54) is 16.5 Å². The molecule has 2 aromatic rings. The molecule has 21 heavy (non-hydrogen) atoms. The molecule has 3 nitrogen and oxygen atoms in total. The van der Waals surface area contributed by atoms with E-state index < -0.39 is 7.37 Å². The summed E-state index contributed by atoms with van der Waals surface area (Å²) in [6, 6.07) is 10.5. The zero-order valence-electron chi connectivity index (χ0n) is 12.9. The van der Waals surface area contributed by atoms with Gasteiger partial charge in [-0.3, -0.25) is 4.57 Å². The van der Waals surface area contributed by atoms with Crippen molar-refractivity contribution in [1.82, 2.24) is 0 Å². The molecule has 0 radical (unpaired) electrons. The van der Waals surface area contributed by atoms with Gasteiger partial charge in [0.15, 0.2) is 13.6 Å². The van der Waals surface area contributed by atoms with Crippen LogP contribution in [-0.4, -0.2) is 19.4 Å². The number of nitrogens with zero attached hydrogens (tertiary/aromatic N) is 1. The topological polar surface area (TPSA) is 30.2 Å². The van der Waals surface area contributed by atoms with Gasteiger partial charge in [0.25, 0.3) is 0 Å². The third-order valence-electron chi connectivity index (χ3n) is 3.51. The highest BCUT2D eigenvalue weighted by atomic mass is 79.9. The molecule has 0 aliphatic carbocycles. The minimum absolute atomic E-state index is 0. The molecule has 2 rings (SSSR count). The van der Waals surface area contributed by atoms with Crippen molar-refractivity contribution in [2.75, 3.05) is 19.4 Å². The van der Waals surface area contributed by atoms with Crippen molar-refractivity contribution in [3.63, 3.8) is 0 Å². The van der Waals surface area contributed by atoms with Crippen LogP contribution in [0.4, 0.5) is 0 Å². The van der Waals surface area contributed by atoms with Crippen molar-refractivity contribution >= 4 is 18.3 Å². The van der Waals surface area contributed by atoms with E-state index in [9.17, 15) is 4.57 Å². The number of rotatable bonds is 6. The second-order valence-electron chi connectivity index (χ2n) is 5.22. The molecule has 1 aromatic heterocycles. The van der Waals surface area contributed by atoms with Crippen LogP contribution in [-0.2, 0) is 15.6 Å². The number of pyridine rings is 1. The van der Waals surface area contributed by atoms with Crippen molar-refractivity contribution in [3.8, 4) is 0 Å². The maximum absolute atomic E-state index is 12.1. The van der Waals surface area contributed by atoms with Crippen LogP contribution >= 0.6 is 7.37 Å². The Balaban J connectivity index is 0.00000220. The predicted molar refractivity (Wildman–Crippen MR) is 83.5 cm³/mol. The van der Waals surface area contributed by atoms with Crippen LogP contribution in [0.2, 0.25) is 0 Å². The Morgan fingerprint density at radius 2 is 1.95 bits per heavy atom. The largest absolute Gasteiger partial charge is 1.00 e. The summed E-state index contributed by atoms with van der Waals surface area (Å²) in [7, 11) is -2.41. The van der Waals surface area contributed by atoms with Gasteiger partial charge in [-0.05, 0) is 25.5 Å². The van der Waals surface area contributed by atoms with Crippen LogP contribution in [0.15, 0.2) is 36.5 Å². The highest BCUT2D eigenvalue weighted by Gasteiger charge is 2.17. The van der Waals surface area contributed by atoms with Gasteiger partial charge in [0.2, 0.25) is 5.52 Å². The zero-order valence-corrected chi connectivity index (χ0v) is 15.4. The minimum Gasteiger partial charge on any atom is -1.00 e. The second-order valence-corrected chi connectivity index (χ2v) is 7.95. The van der Waals surface area contributed by atoms with E-state index in [1.807, 2.05) is 6.92 Å². The summed E-state index contributed by atoms with van der Waals surface area (Å²) < 4.78 is 19.6. The molecule has 1 heterocycles. The normalized spacial score (nSPS) is 13.7. The lowest BCUT2D eigenvalue weighted by Crippen LogP contribution is -3.00. The Labute approximate surface area is 137 Å². The van der Waals surface area contributed by atoms with Crippen molar-refractivity contribution in [2.24, 2.45) is 0 Å². The van der Waals surface area contributed by atoms with Gasteiger partial charge < -0.3 is 21.5 Å². The Morgan fingerprint density at radius 3 is 2.67 bits per heavy atom. The lowest BCUT2D eigenvalue weighted by molar-refractivity contribution is -0.671. The molecule has 1 atom stereocenters. The van der Waals surface area contributed by atoms with Gasteiger partial charge in [-0.25, -0.2) is 0 Å². The van der Waals surface area contributed by atoms with Gasteiger partial charge >= 0.3 is 0 Å². The van der Waals surface area contributed by atoms with Crippen LogP contribution in [0.5, 0.6) is 0 Å². The first kappa shape index (κ1) is 18.3. The lowest BCUT2D eigenvalue weighted by Gasteiger charge is -2.11. The van der Waals surface area contributed by atoms with Crippen LogP contribution in [0.25, 0.3) is 10.9 Å². The summed E-state index contributed by atoms with van der Waals surface area (Å²) in [4.78, 5) is 0. The molecule has 0 bridgehead atoms. The molecule has 0 N–H and O–H groups in total. The molecule has 1 aromatic carbocycles. The van der Waals surface area contributed by atoms with Gasteiger partial charge in [0.05, 0.1) is 6.61 Å². The highest BCUT2D eigenvalue weighted by molar-refractivity contribution is 7.58. The molecule has 5 heteroatoms. The summed E-state index contributed by atoms with van der Waals surface area (Å²) in [5.41, 5.74) is 2.52. The van der Waals surface area contributed by atoms with Gasteiger partial charge in [0, 0.05) is 36.8 Å². The third-order valence-corrected chi connectivity index (χ3v) is 5.44. The minimum atomic E-state index is -2.41. The molecular weight excluding hydrogens is 349 g/mol. The first-order valence-corrected chi connectivity index (χ1v) is 9.38. The molecule has 1 unspecified atom stereocenters. The molecule has 0 spiro atoms. The average Bonchev–Trinajstić information content (AvgIpc) is 2.41. The van der Waals surface area contributed by atoms with E-state index in [2.05, 4.69) is 48.0 Å². The van der Waals surface area contributed by atoms with E-state index in [1.54, 1.807) is 6.66 Å². The molecule has 0 aliphatic heterocycles. The monoisotopic (exact) mass is 371 g/mol. The number of hydrogen-bond donors (Lipinski definition) is 0. The van der Waals surface area contributed by atoms with Crippen molar-refractivity contribution in [3.05, 3.63) is 42.1 Å². The quantitative estimate of drug-likeness (QED) is 0.554. The van der Waals surface area contributed by atoms with E-state index in [0.717, 1.165) is 13.0 Å². The zero-order chi connectivity index (χ0) is 14.6. The Hall–Kier alpha value is -0.700. The van der Waals surface area contributed by atoms with E-state index in [4.69, 9.17) is 4.52 Å². The number of aromatic nitrogens is 1. The van der Waals surface area contributed by atoms with E-state index in [0.29, 0.717) is 12.8 Å². The van der Waals surface area contributed by atoms with Crippen LogP contribution < -0.4 is 21.5 Å². The number of para-hydroxylation sites is 1. The molecule has 0 aliphatic rings. The molecule has 0 amide bonds. The standard InChI is InChI=1S/C16H23NO2P.BrH/c1-4-19-20(3,18)13-7-11-17-12-10-14(2)15-8-5-6-9-16(15)17;/h5-6,8-10,12H,4,7,11,13H2,1-3H3;1H/q+1;/p-1. The summed E-state index contributed by atoms with van der Waals surface area (Å²) in [5, 5.41) is 1.28. The number of fused-ring (bicyclic) bond motifs is 1. The van der Waals surface area contributed by atoms with Crippen molar-refractivity contribution in [2.45, 2.75) is 26.8 Å². The molecule has 0 saturated heterocycles. The maximum atomic E-state index is 12.1. The fourth-order valence-electron chi connectivity index (χ4n) is 2.49. The predicted octanol–water partition coefficient (Wildman–Crippen LogP) is 0.774. The Bertz CT molecular complexity index is 645. The van der Waals surface area contributed by atoms with Crippen LogP contribution in [0, 0.1) is 6.92 Å². The molecule has 116 valence electrons. The van der Waals surface area contributed by atoms with Gasteiger partial charge in [-0.2, -0.15) is 4.57 Å². The van der Waals surface area contributed by atoms with Crippen LogP contribution in [0.1, 0.15) is 18.9 Å². The Kier molecular flexibility index (Phi) is 7.05. The summed E-state index contributed by atoms with van der Waals surface area (Å²) >= 11 is 0. The summed E-state index contributed by atoms with van der Waals surface area (Å²) in [6.45, 7) is 7.13. The maximum Gasteiger partial charge on any atom is 0.212 e. The van der Waals surface area contributed by atoms with Crippen molar-refractivity contribution < 1.29 is 30.6 Å². The van der Waals surface area contributed by atoms with Gasteiger partial charge in [-0.1, -0.05) is 12.1 Å². The molecule has 0 saturated carbocycles. The smallest absolute Gasteiger partial charge is 0.212 e. The Morgan fingerprint density at radius 1 is 1.24 bits per heavy atom. The number of aryl methyl sites for hydroxylation is 2. The summed E-state index contributed by atoms with van der Waals surface area (Å²) in [6.07, 6.45) is 3.61. The van der Waals surface area contributed by atoms with E-state index in [-0.39, 0.29) is 17.0 Å². The third kappa shape index (κ3) is 4.91. The molecular formula is C16H23BrNO2P. The SMILES string of the molecule is CCOP(C)(=O)CCC[n+]1ccc(C)c2ccccc21.[Br-]. The van der Waals surface area contributed by atoms with Crippen molar-refractivity contribution in [1.29, 1.82) is 0 Å². The molecule has 0 fully saturated rings. The fraction of sp³-hybridized carbons (Fsp3) is 0.438. The second kappa shape index (κ2) is 8.07. The number of benzene rings is 1. The first-order chi connectivity index (χ1) is 9.53. The number of hydrogen-bond acceptors (Lipinski definition) is 2. The van der Waals surface area contributed by atoms with Crippen LogP contribution in [0.3, 0.4) is 0 Å². The number of halogens is 1. The van der Waals surface area contributed by atoms with Gasteiger partial charge in [-0.15, -0.1) is 0 Å².